The van der Waals surface area contributed by atoms with Crippen molar-refractivity contribution in [1.82, 2.24) is 14.7 Å². The first-order valence-corrected chi connectivity index (χ1v) is 9.78. The molecule has 1 atom stereocenters. The summed E-state index contributed by atoms with van der Waals surface area (Å²) in [5.41, 5.74) is 0.372. The number of carbonyl (C=O) groups excluding carboxylic acids is 1. The Morgan fingerprint density at radius 2 is 1.92 bits per heavy atom. The molecular formula is C19H35N3O3. The summed E-state index contributed by atoms with van der Waals surface area (Å²) in [6.45, 7) is 6.52. The van der Waals surface area contributed by atoms with Gasteiger partial charge < -0.3 is 19.3 Å². The van der Waals surface area contributed by atoms with E-state index in [2.05, 4.69) is 9.80 Å². The molecule has 0 aromatic heterocycles. The first-order valence-electron chi connectivity index (χ1n) is 9.78. The minimum Gasteiger partial charge on any atom is -0.383 e. The summed E-state index contributed by atoms with van der Waals surface area (Å²) in [6.07, 6.45) is 6.03. The number of likely N-dealkylation sites (tertiary alicyclic amines) is 2. The lowest BCUT2D eigenvalue weighted by Crippen LogP contribution is -2.48. The Bertz CT molecular complexity index is 443. The van der Waals surface area contributed by atoms with Gasteiger partial charge in [-0.2, -0.15) is 0 Å². The van der Waals surface area contributed by atoms with Crippen molar-refractivity contribution in [3.05, 3.63) is 0 Å². The molecule has 0 N–H and O–H groups in total. The second kappa shape index (κ2) is 8.33. The van der Waals surface area contributed by atoms with Crippen molar-refractivity contribution in [2.75, 3.05) is 67.2 Å². The summed E-state index contributed by atoms with van der Waals surface area (Å²) in [4.78, 5) is 19.0. The van der Waals surface area contributed by atoms with Crippen LogP contribution < -0.4 is 0 Å². The van der Waals surface area contributed by atoms with Gasteiger partial charge in [0.2, 0.25) is 5.91 Å². The van der Waals surface area contributed by atoms with Gasteiger partial charge in [-0.3, -0.25) is 9.69 Å². The van der Waals surface area contributed by atoms with Gasteiger partial charge in [0.05, 0.1) is 13.2 Å². The lowest BCUT2D eigenvalue weighted by Gasteiger charge is -2.43. The minimum absolute atomic E-state index is 0.192. The molecule has 1 amide bonds. The number of hydrogen-bond acceptors (Lipinski definition) is 5. The summed E-state index contributed by atoms with van der Waals surface area (Å²) in [5.74, 6) is 0.192. The molecule has 6 heteroatoms. The van der Waals surface area contributed by atoms with Crippen molar-refractivity contribution in [2.24, 2.45) is 5.41 Å². The number of likely N-dealkylation sites (N-methyl/N-ethyl adjacent to an activating group) is 1. The average molecular weight is 354 g/mol. The van der Waals surface area contributed by atoms with Crippen molar-refractivity contribution < 1.29 is 14.3 Å². The van der Waals surface area contributed by atoms with E-state index in [4.69, 9.17) is 9.47 Å². The van der Waals surface area contributed by atoms with Gasteiger partial charge in [-0.15, -0.1) is 0 Å². The topological polar surface area (TPSA) is 45.3 Å². The summed E-state index contributed by atoms with van der Waals surface area (Å²) < 4.78 is 11.0. The third-order valence-corrected chi connectivity index (χ3v) is 6.49. The number of amides is 1. The summed E-state index contributed by atoms with van der Waals surface area (Å²) in [7, 11) is 5.45. The van der Waals surface area contributed by atoms with Crippen LogP contribution in [0.3, 0.4) is 0 Å². The maximum Gasteiger partial charge on any atom is 0.236 e. The number of nitrogens with zero attached hydrogens (tertiary/aromatic N) is 3. The van der Waals surface area contributed by atoms with E-state index >= 15 is 0 Å². The first kappa shape index (κ1) is 19.1. The van der Waals surface area contributed by atoms with Gasteiger partial charge in [0.1, 0.15) is 0 Å². The molecule has 3 rings (SSSR count). The van der Waals surface area contributed by atoms with Crippen LogP contribution in [-0.2, 0) is 14.3 Å². The molecule has 144 valence electrons. The van der Waals surface area contributed by atoms with Crippen LogP contribution >= 0.6 is 0 Å². The van der Waals surface area contributed by atoms with Crippen molar-refractivity contribution in [1.29, 1.82) is 0 Å². The van der Waals surface area contributed by atoms with E-state index < -0.39 is 0 Å². The smallest absolute Gasteiger partial charge is 0.236 e. The minimum atomic E-state index is 0.192. The largest absolute Gasteiger partial charge is 0.383 e. The Labute approximate surface area is 152 Å². The fourth-order valence-electron chi connectivity index (χ4n) is 4.89. The van der Waals surface area contributed by atoms with Crippen LogP contribution in [0.1, 0.15) is 32.1 Å². The highest BCUT2D eigenvalue weighted by Gasteiger charge is 2.46. The predicted octanol–water partition coefficient (Wildman–Crippen LogP) is 1.06. The van der Waals surface area contributed by atoms with Crippen LogP contribution in [-0.4, -0.2) is 99.9 Å². The molecule has 0 aromatic rings. The van der Waals surface area contributed by atoms with E-state index in [1.54, 1.807) is 12.0 Å². The van der Waals surface area contributed by atoms with Gasteiger partial charge in [-0.1, -0.05) is 0 Å². The molecule has 3 fully saturated rings. The van der Waals surface area contributed by atoms with Crippen LogP contribution in [0, 0.1) is 5.41 Å². The molecule has 0 aromatic carbocycles. The molecule has 3 heterocycles. The van der Waals surface area contributed by atoms with Crippen molar-refractivity contribution in [3.8, 4) is 0 Å². The first-order chi connectivity index (χ1) is 12.0. The van der Waals surface area contributed by atoms with E-state index in [-0.39, 0.29) is 5.91 Å². The molecule has 0 bridgehead atoms. The monoisotopic (exact) mass is 353 g/mol. The zero-order chi connectivity index (χ0) is 17.9. The third kappa shape index (κ3) is 4.54. The Morgan fingerprint density at radius 1 is 1.24 bits per heavy atom. The van der Waals surface area contributed by atoms with Crippen LogP contribution in [0.5, 0.6) is 0 Å². The Hall–Kier alpha value is -0.690. The highest BCUT2D eigenvalue weighted by molar-refractivity contribution is 5.77. The van der Waals surface area contributed by atoms with Gasteiger partial charge in [0.25, 0.3) is 0 Å². The zero-order valence-corrected chi connectivity index (χ0v) is 16.2. The van der Waals surface area contributed by atoms with Crippen molar-refractivity contribution in [2.45, 2.75) is 44.2 Å². The maximum absolute atomic E-state index is 12.2. The highest BCUT2D eigenvalue weighted by Crippen LogP contribution is 2.44. The average Bonchev–Trinajstić information content (AvgIpc) is 2.93. The second-order valence-electron chi connectivity index (χ2n) is 8.39. The van der Waals surface area contributed by atoms with Crippen molar-refractivity contribution in [3.63, 3.8) is 0 Å². The number of carbonyl (C=O) groups is 1. The lowest BCUT2D eigenvalue weighted by atomic mass is 9.76. The van der Waals surface area contributed by atoms with E-state index in [0.717, 1.165) is 26.4 Å². The van der Waals surface area contributed by atoms with Gasteiger partial charge >= 0.3 is 0 Å². The molecule has 0 radical (unpaired) electrons. The Morgan fingerprint density at radius 3 is 2.52 bits per heavy atom. The summed E-state index contributed by atoms with van der Waals surface area (Å²) >= 11 is 0. The number of piperidine rings is 1. The van der Waals surface area contributed by atoms with E-state index in [1.807, 2.05) is 14.1 Å². The molecule has 0 unspecified atom stereocenters. The fraction of sp³-hybridized carbons (Fsp3) is 0.947. The number of rotatable bonds is 5. The molecule has 1 spiro atoms. The van der Waals surface area contributed by atoms with Crippen LogP contribution in [0.15, 0.2) is 0 Å². The Balaban J connectivity index is 1.57. The van der Waals surface area contributed by atoms with Crippen LogP contribution in [0.2, 0.25) is 0 Å². The van der Waals surface area contributed by atoms with E-state index in [9.17, 15) is 4.79 Å². The van der Waals surface area contributed by atoms with Crippen molar-refractivity contribution >= 4 is 5.91 Å². The number of methoxy groups -OCH3 is 1. The standard InChI is InChI=1S/C19H35N3O3/c1-20(2)18(23)13-22-15-19(12-17(22)14-24-3)6-8-21(9-7-19)16-4-10-25-11-5-16/h16-17H,4-15H2,1-3H3/t17-/m1/s1. The fourth-order valence-corrected chi connectivity index (χ4v) is 4.89. The molecule has 0 saturated carbocycles. The molecule has 3 aliphatic heterocycles. The lowest BCUT2D eigenvalue weighted by molar-refractivity contribution is -0.130. The molecular weight excluding hydrogens is 318 g/mol. The summed E-state index contributed by atoms with van der Waals surface area (Å²) in [5, 5.41) is 0. The molecule has 25 heavy (non-hydrogen) atoms. The molecule has 0 aliphatic carbocycles. The van der Waals surface area contributed by atoms with E-state index in [1.165, 1.54) is 45.2 Å². The SMILES string of the molecule is COC[C@H]1CC2(CCN(C3CCOCC3)CC2)CN1CC(=O)N(C)C. The molecule has 3 aliphatic rings. The zero-order valence-electron chi connectivity index (χ0n) is 16.2. The number of ether oxygens (including phenoxy) is 2. The predicted molar refractivity (Wildman–Crippen MR) is 97.6 cm³/mol. The normalized spacial score (nSPS) is 28.5. The van der Waals surface area contributed by atoms with Gasteiger partial charge in [-0.05, 0) is 50.6 Å². The van der Waals surface area contributed by atoms with Gasteiger partial charge in [0, 0.05) is 53.0 Å². The molecule has 6 nitrogen and oxygen atoms in total. The number of hydrogen-bond donors (Lipinski definition) is 0. The van der Waals surface area contributed by atoms with Gasteiger partial charge in [0.15, 0.2) is 0 Å². The van der Waals surface area contributed by atoms with Crippen LogP contribution in [0.25, 0.3) is 0 Å². The van der Waals surface area contributed by atoms with Crippen LogP contribution in [0.4, 0.5) is 0 Å². The highest BCUT2D eigenvalue weighted by atomic mass is 16.5. The molecule has 3 saturated heterocycles. The second-order valence-corrected chi connectivity index (χ2v) is 8.39. The Kier molecular flexibility index (Phi) is 6.36. The van der Waals surface area contributed by atoms with E-state index in [0.29, 0.717) is 24.0 Å². The maximum atomic E-state index is 12.2. The third-order valence-electron chi connectivity index (χ3n) is 6.49. The summed E-state index contributed by atoms with van der Waals surface area (Å²) in [6, 6.07) is 1.09. The quantitative estimate of drug-likeness (QED) is 0.739. The van der Waals surface area contributed by atoms with Gasteiger partial charge in [-0.25, -0.2) is 0 Å².